The third kappa shape index (κ3) is 4.50. The lowest BCUT2D eigenvalue weighted by Gasteiger charge is -2.35. The van der Waals surface area contributed by atoms with E-state index in [4.69, 9.17) is 22.7 Å². The molecule has 5 nitrogen and oxygen atoms in total. The first-order valence-corrected chi connectivity index (χ1v) is 8.50. The molecule has 0 radical (unpaired) electrons. The second-order valence-corrected chi connectivity index (χ2v) is 6.99. The molecule has 7 heteroatoms. The number of hydrogen-bond acceptors (Lipinski definition) is 4. The maximum atomic E-state index is 12.4. The predicted octanol–water partition coefficient (Wildman–Crippen LogP) is 0.343. The lowest BCUT2D eigenvalue weighted by Crippen LogP contribution is -2.53. The van der Waals surface area contributed by atoms with Gasteiger partial charge in [-0.05, 0) is 26.2 Å². The van der Waals surface area contributed by atoms with Crippen molar-refractivity contribution in [3.8, 4) is 0 Å². The van der Waals surface area contributed by atoms with Gasteiger partial charge in [0.1, 0.15) is 5.41 Å². The molecule has 3 N–H and O–H groups in total. The topological polar surface area (TPSA) is 81.4 Å². The Balaban J connectivity index is 2.62. The van der Waals surface area contributed by atoms with E-state index in [1.807, 2.05) is 6.92 Å². The van der Waals surface area contributed by atoms with E-state index >= 15 is 0 Å². The first kappa shape index (κ1) is 16.5. The molecule has 2 unspecified atom stereocenters. The Hall–Kier alpha value is -0.530. The number of nitrogens with two attached hydrogens (primary N) is 1. The highest BCUT2D eigenvalue weighted by atomic mass is 32.2. The van der Waals surface area contributed by atoms with E-state index in [0.717, 1.165) is 0 Å². The standard InChI is InChI=1S/C12H22N2O3S2/c1-9(3-8-19(2)16)14-11(15)12(10(13)18)4-6-17-7-5-12/h9H,3-8H2,1-2H3,(H2,13,18)(H,14,15). The number of amides is 1. The van der Waals surface area contributed by atoms with Crippen LogP contribution >= 0.6 is 12.2 Å². The van der Waals surface area contributed by atoms with Gasteiger partial charge in [0.05, 0.1) is 4.99 Å². The average molecular weight is 306 g/mol. The Bertz CT molecular complexity index is 368. The largest absolute Gasteiger partial charge is 0.392 e. The van der Waals surface area contributed by atoms with Crippen molar-refractivity contribution >= 4 is 33.9 Å². The smallest absolute Gasteiger partial charge is 0.233 e. The van der Waals surface area contributed by atoms with E-state index in [-0.39, 0.29) is 16.9 Å². The second-order valence-electron chi connectivity index (χ2n) is 5.00. The molecule has 1 aliphatic rings. The number of rotatable bonds is 6. The molecule has 2 atom stereocenters. The molecule has 0 aromatic heterocycles. The number of nitrogens with one attached hydrogen (secondary N) is 1. The van der Waals surface area contributed by atoms with Crippen LogP contribution in [0.1, 0.15) is 26.2 Å². The average Bonchev–Trinajstić information content (AvgIpc) is 2.36. The SMILES string of the molecule is CC(CCS(C)=O)NC(=O)C1(C(N)=S)CCOCC1. The fraction of sp³-hybridized carbons (Fsp3) is 0.833. The Morgan fingerprint density at radius 2 is 2.11 bits per heavy atom. The minimum atomic E-state index is -0.847. The highest BCUT2D eigenvalue weighted by Gasteiger charge is 2.43. The van der Waals surface area contributed by atoms with Crippen LogP contribution in [-0.2, 0) is 20.3 Å². The van der Waals surface area contributed by atoms with Crippen molar-refractivity contribution in [2.75, 3.05) is 25.2 Å². The van der Waals surface area contributed by atoms with Crippen molar-refractivity contribution < 1.29 is 13.7 Å². The third-order valence-electron chi connectivity index (χ3n) is 3.47. The lowest BCUT2D eigenvalue weighted by molar-refractivity contribution is -0.132. The van der Waals surface area contributed by atoms with Crippen LogP contribution in [0.4, 0.5) is 0 Å². The van der Waals surface area contributed by atoms with Gasteiger partial charge in [-0.15, -0.1) is 0 Å². The summed E-state index contributed by atoms with van der Waals surface area (Å²) in [6.45, 7) is 2.90. The Kier molecular flexibility index (Phi) is 6.35. The number of carbonyl (C=O) groups excluding carboxylic acids is 1. The molecule has 0 aromatic rings. The minimum Gasteiger partial charge on any atom is -0.392 e. The molecule has 1 heterocycles. The highest BCUT2D eigenvalue weighted by molar-refractivity contribution is 7.84. The molecule has 0 bridgehead atoms. The molecule has 1 saturated heterocycles. The number of hydrogen-bond donors (Lipinski definition) is 2. The third-order valence-corrected chi connectivity index (χ3v) is 4.67. The molecular formula is C12H22N2O3S2. The Morgan fingerprint density at radius 3 is 2.58 bits per heavy atom. The molecule has 0 aliphatic carbocycles. The van der Waals surface area contributed by atoms with Crippen molar-refractivity contribution in [2.45, 2.75) is 32.2 Å². The molecule has 110 valence electrons. The van der Waals surface area contributed by atoms with Gasteiger partial charge in [0, 0.05) is 42.1 Å². The van der Waals surface area contributed by atoms with Crippen LogP contribution in [-0.4, -0.2) is 46.4 Å². The summed E-state index contributed by atoms with van der Waals surface area (Å²) in [5.41, 5.74) is 4.98. The van der Waals surface area contributed by atoms with Crippen LogP contribution in [0.3, 0.4) is 0 Å². The van der Waals surface area contributed by atoms with Crippen LogP contribution in [0.15, 0.2) is 0 Å². The fourth-order valence-corrected chi connectivity index (χ4v) is 3.06. The lowest BCUT2D eigenvalue weighted by atomic mass is 9.79. The van der Waals surface area contributed by atoms with Crippen LogP contribution in [0.2, 0.25) is 0 Å². The summed E-state index contributed by atoms with van der Waals surface area (Å²) in [6.07, 6.45) is 3.39. The van der Waals surface area contributed by atoms with E-state index in [2.05, 4.69) is 5.32 Å². The van der Waals surface area contributed by atoms with Gasteiger partial charge in [-0.2, -0.15) is 0 Å². The van der Waals surface area contributed by atoms with Gasteiger partial charge in [-0.25, -0.2) is 0 Å². The molecule has 1 aliphatic heterocycles. The van der Waals surface area contributed by atoms with Crippen LogP contribution in [0, 0.1) is 5.41 Å². The van der Waals surface area contributed by atoms with Crippen molar-refractivity contribution in [1.82, 2.24) is 5.32 Å². The maximum absolute atomic E-state index is 12.4. The number of thiocarbonyl (C=S) groups is 1. The molecule has 0 saturated carbocycles. The molecule has 1 fully saturated rings. The Morgan fingerprint density at radius 1 is 1.53 bits per heavy atom. The zero-order chi connectivity index (χ0) is 14.5. The van der Waals surface area contributed by atoms with E-state index in [1.54, 1.807) is 6.26 Å². The zero-order valence-electron chi connectivity index (χ0n) is 11.4. The van der Waals surface area contributed by atoms with E-state index < -0.39 is 16.2 Å². The predicted molar refractivity (Wildman–Crippen MR) is 80.4 cm³/mol. The molecule has 0 aromatic carbocycles. The summed E-state index contributed by atoms with van der Waals surface area (Å²) in [4.78, 5) is 12.6. The summed E-state index contributed by atoms with van der Waals surface area (Å²) >= 11 is 5.08. The van der Waals surface area contributed by atoms with E-state index in [9.17, 15) is 9.00 Å². The summed E-state index contributed by atoms with van der Waals surface area (Å²) in [6, 6.07) is -0.0366. The van der Waals surface area contributed by atoms with Crippen molar-refractivity contribution in [3.05, 3.63) is 0 Å². The molecule has 1 rings (SSSR count). The zero-order valence-corrected chi connectivity index (χ0v) is 13.1. The van der Waals surface area contributed by atoms with E-state index in [1.165, 1.54) is 0 Å². The van der Waals surface area contributed by atoms with Gasteiger partial charge in [0.2, 0.25) is 5.91 Å². The molecule has 1 amide bonds. The first-order valence-electron chi connectivity index (χ1n) is 6.37. The van der Waals surface area contributed by atoms with Gasteiger partial charge in [0.15, 0.2) is 0 Å². The normalized spacial score (nSPS) is 21.4. The van der Waals surface area contributed by atoms with Gasteiger partial charge in [-0.3, -0.25) is 9.00 Å². The number of carbonyl (C=O) groups is 1. The quantitative estimate of drug-likeness (QED) is 0.692. The first-order chi connectivity index (χ1) is 8.88. The molecular weight excluding hydrogens is 284 g/mol. The van der Waals surface area contributed by atoms with Gasteiger partial charge >= 0.3 is 0 Å². The summed E-state index contributed by atoms with van der Waals surface area (Å²) < 4.78 is 16.3. The molecule has 19 heavy (non-hydrogen) atoms. The Labute approximate surface area is 122 Å². The van der Waals surface area contributed by atoms with Crippen LogP contribution in [0.25, 0.3) is 0 Å². The maximum Gasteiger partial charge on any atom is 0.233 e. The summed E-state index contributed by atoms with van der Waals surface area (Å²) in [5.74, 6) is 0.447. The van der Waals surface area contributed by atoms with Gasteiger partial charge in [0.25, 0.3) is 0 Å². The van der Waals surface area contributed by atoms with Gasteiger partial charge < -0.3 is 15.8 Å². The summed E-state index contributed by atoms with van der Waals surface area (Å²) in [5, 5.41) is 2.93. The molecule has 0 spiro atoms. The second kappa shape index (κ2) is 7.31. The monoisotopic (exact) mass is 306 g/mol. The van der Waals surface area contributed by atoms with Crippen molar-refractivity contribution in [2.24, 2.45) is 11.1 Å². The fourth-order valence-electron chi connectivity index (χ4n) is 2.08. The van der Waals surface area contributed by atoms with Crippen LogP contribution in [0.5, 0.6) is 0 Å². The van der Waals surface area contributed by atoms with Crippen LogP contribution < -0.4 is 11.1 Å². The van der Waals surface area contributed by atoms with Gasteiger partial charge in [-0.1, -0.05) is 12.2 Å². The minimum absolute atomic E-state index is 0.0366. The van der Waals surface area contributed by atoms with E-state index in [0.29, 0.717) is 38.2 Å². The van der Waals surface area contributed by atoms with Crippen molar-refractivity contribution in [1.29, 1.82) is 0 Å². The number of ether oxygens (including phenoxy) is 1. The van der Waals surface area contributed by atoms with Crippen molar-refractivity contribution in [3.63, 3.8) is 0 Å². The summed E-state index contributed by atoms with van der Waals surface area (Å²) in [7, 11) is -0.847. The highest BCUT2D eigenvalue weighted by Crippen LogP contribution is 2.31.